The maximum Gasteiger partial charge on any atom is 0.263 e. The number of hydrogen-bond acceptors (Lipinski definition) is 5. The Bertz CT molecular complexity index is 656. The van der Waals surface area contributed by atoms with Gasteiger partial charge in [-0.25, -0.2) is 13.9 Å². The van der Waals surface area contributed by atoms with E-state index in [0.29, 0.717) is 5.75 Å². The van der Waals surface area contributed by atoms with Gasteiger partial charge in [-0.15, -0.1) is 0 Å². The first-order chi connectivity index (χ1) is 10.2. The molecular formula is C14H20N2O4S2. The molecule has 1 aliphatic heterocycles. The molecule has 2 N–H and O–H groups in total. The van der Waals surface area contributed by atoms with Crippen LogP contribution >= 0.6 is 11.8 Å². The predicted octanol–water partition coefficient (Wildman–Crippen LogP) is 1.39. The molecule has 6 nitrogen and oxygen atoms in total. The van der Waals surface area contributed by atoms with Gasteiger partial charge in [-0.1, -0.05) is 17.7 Å². The van der Waals surface area contributed by atoms with Gasteiger partial charge in [-0.2, -0.15) is 16.1 Å². The SMILES string of the molecule is Cc1ccc(S(=O)(=O)N2CCSC(C)(C)C2C(=O)NO)cc1. The van der Waals surface area contributed by atoms with E-state index < -0.39 is 26.7 Å². The molecule has 2 rings (SSSR count). The van der Waals surface area contributed by atoms with Crippen LogP contribution in [0.4, 0.5) is 0 Å². The first-order valence-electron chi connectivity index (χ1n) is 6.86. The van der Waals surface area contributed by atoms with Crippen LogP contribution in [0.15, 0.2) is 29.2 Å². The van der Waals surface area contributed by atoms with E-state index in [4.69, 9.17) is 5.21 Å². The van der Waals surface area contributed by atoms with Crippen LogP contribution in [0.1, 0.15) is 19.4 Å². The van der Waals surface area contributed by atoms with E-state index in [9.17, 15) is 13.2 Å². The molecule has 1 saturated heterocycles. The van der Waals surface area contributed by atoms with Crippen LogP contribution in [0.3, 0.4) is 0 Å². The molecule has 0 radical (unpaired) electrons. The van der Waals surface area contributed by atoms with Crippen LogP contribution in [0, 0.1) is 6.92 Å². The lowest BCUT2D eigenvalue weighted by Crippen LogP contribution is -2.61. The van der Waals surface area contributed by atoms with Gasteiger partial charge >= 0.3 is 0 Å². The highest BCUT2D eigenvalue weighted by atomic mass is 32.2. The van der Waals surface area contributed by atoms with Gasteiger partial charge in [0.15, 0.2) is 0 Å². The number of rotatable bonds is 3. The van der Waals surface area contributed by atoms with Gasteiger partial charge in [-0.05, 0) is 32.9 Å². The molecule has 1 heterocycles. The average molecular weight is 344 g/mol. The molecule has 8 heteroatoms. The zero-order valence-corrected chi connectivity index (χ0v) is 14.4. The van der Waals surface area contributed by atoms with Crippen LogP contribution in [0.2, 0.25) is 0 Å². The van der Waals surface area contributed by atoms with E-state index in [-0.39, 0.29) is 11.4 Å². The Labute approximate surface area is 134 Å². The van der Waals surface area contributed by atoms with E-state index in [0.717, 1.165) is 5.56 Å². The second kappa shape index (κ2) is 6.19. The third-order valence-electron chi connectivity index (χ3n) is 3.72. The molecule has 22 heavy (non-hydrogen) atoms. The topological polar surface area (TPSA) is 86.7 Å². The average Bonchev–Trinajstić information content (AvgIpc) is 2.45. The third kappa shape index (κ3) is 3.15. The van der Waals surface area contributed by atoms with Crippen LogP contribution in [-0.4, -0.2) is 46.9 Å². The number of hydroxylamine groups is 1. The Balaban J connectivity index is 2.47. The van der Waals surface area contributed by atoms with E-state index in [1.165, 1.54) is 28.2 Å². The summed E-state index contributed by atoms with van der Waals surface area (Å²) in [5.41, 5.74) is 2.55. The number of nitrogens with zero attached hydrogens (tertiary/aromatic N) is 1. The summed E-state index contributed by atoms with van der Waals surface area (Å²) in [4.78, 5) is 12.2. The van der Waals surface area contributed by atoms with Gasteiger partial charge in [0.05, 0.1) is 4.90 Å². The van der Waals surface area contributed by atoms with Crippen molar-refractivity contribution in [1.82, 2.24) is 9.79 Å². The van der Waals surface area contributed by atoms with Crippen LogP contribution in [0.5, 0.6) is 0 Å². The van der Waals surface area contributed by atoms with E-state index in [1.54, 1.807) is 31.5 Å². The van der Waals surface area contributed by atoms with E-state index in [1.807, 2.05) is 6.92 Å². The largest absolute Gasteiger partial charge is 0.289 e. The highest BCUT2D eigenvalue weighted by molar-refractivity contribution is 8.00. The summed E-state index contributed by atoms with van der Waals surface area (Å²) >= 11 is 1.51. The Morgan fingerprint density at radius 1 is 1.36 bits per heavy atom. The molecule has 0 bridgehead atoms. The summed E-state index contributed by atoms with van der Waals surface area (Å²) in [5.74, 6) is -0.124. The van der Waals surface area contributed by atoms with Gasteiger partial charge in [0.25, 0.3) is 5.91 Å². The molecule has 1 aliphatic rings. The number of aryl methyl sites for hydroxylation is 1. The molecule has 0 spiro atoms. The smallest absolute Gasteiger partial charge is 0.263 e. The quantitative estimate of drug-likeness (QED) is 0.639. The summed E-state index contributed by atoms with van der Waals surface area (Å²) < 4.78 is 26.3. The van der Waals surface area contributed by atoms with Crippen molar-refractivity contribution in [2.75, 3.05) is 12.3 Å². The highest BCUT2D eigenvalue weighted by Gasteiger charge is 2.48. The Kier molecular flexibility index (Phi) is 4.86. The van der Waals surface area contributed by atoms with Crippen molar-refractivity contribution in [1.29, 1.82) is 0 Å². The number of nitrogens with one attached hydrogen (secondary N) is 1. The third-order valence-corrected chi connectivity index (χ3v) is 6.95. The number of sulfonamides is 1. The summed E-state index contributed by atoms with van der Waals surface area (Å²) in [6.07, 6.45) is 0. The highest BCUT2D eigenvalue weighted by Crippen LogP contribution is 2.38. The number of benzene rings is 1. The van der Waals surface area contributed by atoms with Crippen molar-refractivity contribution in [3.8, 4) is 0 Å². The van der Waals surface area contributed by atoms with Crippen LogP contribution < -0.4 is 5.48 Å². The maximum atomic E-state index is 12.9. The van der Waals surface area contributed by atoms with Gasteiger partial charge in [0, 0.05) is 17.0 Å². The second-order valence-electron chi connectivity index (χ2n) is 5.76. The molecule has 1 atom stereocenters. The minimum Gasteiger partial charge on any atom is -0.289 e. The van der Waals surface area contributed by atoms with Gasteiger partial charge < -0.3 is 0 Å². The lowest BCUT2D eigenvalue weighted by atomic mass is 10.0. The fraction of sp³-hybridized carbons (Fsp3) is 0.500. The van der Waals surface area contributed by atoms with Crippen molar-refractivity contribution in [2.45, 2.75) is 36.5 Å². The zero-order chi connectivity index (χ0) is 16.5. The van der Waals surface area contributed by atoms with E-state index in [2.05, 4.69) is 0 Å². The molecule has 1 aromatic carbocycles. The normalized spacial score (nSPS) is 22.3. The summed E-state index contributed by atoms with van der Waals surface area (Å²) in [5, 5.41) is 8.98. The number of hydrogen-bond donors (Lipinski definition) is 2. The van der Waals surface area contributed by atoms with Crippen molar-refractivity contribution in [3.63, 3.8) is 0 Å². The van der Waals surface area contributed by atoms with Crippen molar-refractivity contribution < 1.29 is 18.4 Å². The molecule has 1 unspecified atom stereocenters. The second-order valence-corrected chi connectivity index (χ2v) is 9.40. The van der Waals surface area contributed by atoms with Crippen molar-refractivity contribution in [3.05, 3.63) is 29.8 Å². The monoisotopic (exact) mass is 344 g/mol. The summed E-state index contributed by atoms with van der Waals surface area (Å²) in [6.45, 7) is 5.70. The number of carbonyl (C=O) groups excluding carboxylic acids is 1. The Hall–Kier alpha value is -1.09. The Morgan fingerprint density at radius 2 is 1.95 bits per heavy atom. The number of amides is 1. The lowest BCUT2D eigenvalue weighted by Gasteiger charge is -2.43. The predicted molar refractivity (Wildman–Crippen MR) is 85.3 cm³/mol. The number of carbonyl (C=O) groups is 1. The molecule has 1 fully saturated rings. The minimum absolute atomic E-state index is 0.150. The van der Waals surface area contributed by atoms with Gasteiger partial charge in [-0.3, -0.25) is 10.0 Å². The van der Waals surface area contributed by atoms with Crippen molar-refractivity contribution in [2.24, 2.45) is 0 Å². The summed E-state index contributed by atoms with van der Waals surface area (Å²) in [7, 11) is -3.81. The van der Waals surface area contributed by atoms with Crippen LogP contribution in [-0.2, 0) is 14.8 Å². The first-order valence-corrected chi connectivity index (χ1v) is 9.29. The fourth-order valence-electron chi connectivity index (χ4n) is 2.57. The molecule has 0 saturated carbocycles. The molecular weight excluding hydrogens is 324 g/mol. The molecule has 0 aromatic heterocycles. The zero-order valence-electron chi connectivity index (χ0n) is 12.7. The molecule has 122 valence electrons. The number of thioether (sulfide) groups is 1. The van der Waals surface area contributed by atoms with Crippen LogP contribution in [0.25, 0.3) is 0 Å². The van der Waals surface area contributed by atoms with Crippen molar-refractivity contribution >= 4 is 27.7 Å². The Morgan fingerprint density at radius 3 is 2.50 bits per heavy atom. The first kappa shape index (κ1) is 17.3. The lowest BCUT2D eigenvalue weighted by molar-refractivity contribution is -0.134. The standard InChI is InChI=1S/C14H20N2O4S2/c1-10-4-6-11(7-5-10)22(19,20)16-8-9-21-14(2,3)12(16)13(17)15-18/h4-7,12,18H,8-9H2,1-3H3,(H,15,17). The summed E-state index contributed by atoms with van der Waals surface area (Å²) in [6, 6.07) is 5.54. The molecule has 0 aliphatic carbocycles. The maximum absolute atomic E-state index is 12.9. The molecule has 1 aromatic rings. The van der Waals surface area contributed by atoms with Gasteiger partial charge in [0.2, 0.25) is 10.0 Å². The van der Waals surface area contributed by atoms with E-state index >= 15 is 0 Å². The minimum atomic E-state index is -3.81. The molecule has 1 amide bonds. The van der Waals surface area contributed by atoms with Gasteiger partial charge in [0.1, 0.15) is 6.04 Å². The fourth-order valence-corrected chi connectivity index (χ4v) is 5.67.